The summed E-state index contributed by atoms with van der Waals surface area (Å²) in [6.45, 7) is 9.28. The first-order valence-electron chi connectivity index (χ1n) is 12.6. The molecule has 1 aromatic heterocycles. The molecule has 2 saturated heterocycles. The summed E-state index contributed by atoms with van der Waals surface area (Å²) in [5.74, 6) is 0.0258. The molecule has 0 radical (unpaired) electrons. The van der Waals surface area contributed by atoms with Gasteiger partial charge in [-0.25, -0.2) is 4.79 Å². The molecule has 3 heterocycles. The van der Waals surface area contributed by atoms with Crippen molar-refractivity contribution in [3.8, 4) is 5.69 Å². The predicted octanol–water partition coefficient (Wildman–Crippen LogP) is 1.29. The van der Waals surface area contributed by atoms with Crippen LogP contribution in [0.3, 0.4) is 0 Å². The number of piperidine rings is 1. The van der Waals surface area contributed by atoms with E-state index in [9.17, 15) is 14.4 Å². The fourth-order valence-electron chi connectivity index (χ4n) is 5.10. The standard InChI is InChI=1S/C26H37N5O4/c1-4-21(18-29-14-16-35-17-15-29)27-24(32)20-10-12-30(13-11-20)23-19(2)31(22-8-6-5-7-9-22)26(34)28(3)25(23)33/h5-9,20-21H,4,10-18H2,1-3H3,(H,27,32)/t21-/m0/s1. The van der Waals surface area contributed by atoms with Crippen LogP contribution < -0.4 is 21.5 Å². The first kappa shape index (κ1) is 25.2. The van der Waals surface area contributed by atoms with Gasteiger partial charge in [0.1, 0.15) is 5.69 Å². The largest absolute Gasteiger partial charge is 0.379 e. The maximum absolute atomic E-state index is 13.1. The number of hydrogen-bond acceptors (Lipinski definition) is 6. The number of hydrogen-bond donors (Lipinski definition) is 1. The van der Waals surface area contributed by atoms with E-state index < -0.39 is 0 Å². The first-order valence-corrected chi connectivity index (χ1v) is 12.6. The molecule has 35 heavy (non-hydrogen) atoms. The van der Waals surface area contributed by atoms with Gasteiger partial charge in [-0.1, -0.05) is 25.1 Å². The monoisotopic (exact) mass is 483 g/mol. The van der Waals surface area contributed by atoms with Crippen LogP contribution in [0.4, 0.5) is 5.69 Å². The Hall–Kier alpha value is -2.91. The Kier molecular flexibility index (Phi) is 8.07. The molecule has 1 atom stereocenters. The van der Waals surface area contributed by atoms with E-state index in [-0.39, 0.29) is 29.1 Å². The van der Waals surface area contributed by atoms with Crippen molar-refractivity contribution in [2.45, 2.75) is 39.2 Å². The van der Waals surface area contributed by atoms with Gasteiger partial charge in [-0.2, -0.15) is 0 Å². The Morgan fingerprint density at radius 3 is 2.37 bits per heavy atom. The van der Waals surface area contributed by atoms with Crippen LogP contribution in [-0.2, 0) is 16.6 Å². The van der Waals surface area contributed by atoms with Crippen LogP contribution in [0.25, 0.3) is 5.69 Å². The van der Waals surface area contributed by atoms with Gasteiger partial charge in [0, 0.05) is 51.7 Å². The van der Waals surface area contributed by atoms with Crippen molar-refractivity contribution in [1.29, 1.82) is 0 Å². The second-order valence-electron chi connectivity index (χ2n) is 9.54. The number of amides is 1. The zero-order chi connectivity index (χ0) is 24.9. The van der Waals surface area contributed by atoms with Crippen molar-refractivity contribution in [3.05, 3.63) is 56.9 Å². The van der Waals surface area contributed by atoms with Gasteiger partial charge in [-0.15, -0.1) is 0 Å². The SMILES string of the molecule is CC[C@@H](CN1CCOCC1)NC(=O)C1CCN(c2c(C)n(-c3ccccc3)c(=O)n(C)c2=O)CC1. The summed E-state index contributed by atoms with van der Waals surface area (Å²) >= 11 is 0. The zero-order valence-corrected chi connectivity index (χ0v) is 21.0. The van der Waals surface area contributed by atoms with Crippen molar-refractivity contribution >= 4 is 11.6 Å². The minimum absolute atomic E-state index is 0.0748. The van der Waals surface area contributed by atoms with Gasteiger partial charge in [0.05, 0.1) is 24.6 Å². The van der Waals surface area contributed by atoms with Crippen LogP contribution in [0.5, 0.6) is 0 Å². The Balaban J connectivity index is 1.45. The second kappa shape index (κ2) is 11.2. The van der Waals surface area contributed by atoms with E-state index in [1.54, 1.807) is 4.57 Å². The number of nitrogens with zero attached hydrogens (tertiary/aromatic N) is 4. The molecule has 1 aromatic carbocycles. The highest BCUT2D eigenvalue weighted by molar-refractivity contribution is 5.79. The number of anilines is 1. The lowest BCUT2D eigenvalue weighted by Crippen LogP contribution is -2.50. The number of carbonyl (C=O) groups is 1. The molecule has 0 bridgehead atoms. The fraction of sp³-hybridized carbons (Fsp3) is 0.577. The highest BCUT2D eigenvalue weighted by Gasteiger charge is 2.30. The van der Waals surface area contributed by atoms with E-state index in [0.29, 0.717) is 37.3 Å². The van der Waals surface area contributed by atoms with Gasteiger partial charge in [0.15, 0.2) is 0 Å². The van der Waals surface area contributed by atoms with Crippen LogP contribution in [-0.4, -0.2) is 71.9 Å². The van der Waals surface area contributed by atoms with E-state index in [1.165, 1.54) is 11.6 Å². The Morgan fingerprint density at radius 1 is 1.09 bits per heavy atom. The quantitative estimate of drug-likeness (QED) is 0.639. The third kappa shape index (κ3) is 5.51. The maximum Gasteiger partial charge on any atom is 0.335 e. The van der Waals surface area contributed by atoms with Crippen molar-refractivity contribution in [3.63, 3.8) is 0 Å². The number of nitrogens with one attached hydrogen (secondary N) is 1. The van der Waals surface area contributed by atoms with Crippen molar-refractivity contribution in [1.82, 2.24) is 19.4 Å². The van der Waals surface area contributed by atoms with Gasteiger partial charge in [0.25, 0.3) is 5.56 Å². The van der Waals surface area contributed by atoms with Gasteiger partial charge >= 0.3 is 5.69 Å². The average Bonchev–Trinajstić information content (AvgIpc) is 2.89. The molecule has 190 valence electrons. The second-order valence-corrected chi connectivity index (χ2v) is 9.54. The van der Waals surface area contributed by atoms with E-state index in [4.69, 9.17) is 4.74 Å². The Labute approximate surface area is 206 Å². The van der Waals surface area contributed by atoms with Crippen LogP contribution >= 0.6 is 0 Å². The molecule has 2 aliphatic heterocycles. The lowest BCUT2D eigenvalue weighted by molar-refractivity contribution is -0.126. The smallest absolute Gasteiger partial charge is 0.335 e. The molecule has 0 spiro atoms. The Morgan fingerprint density at radius 2 is 1.74 bits per heavy atom. The first-order chi connectivity index (χ1) is 16.9. The molecule has 2 aromatic rings. The van der Waals surface area contributed by atoms with E-state index in [1.807, 2.05) is 42.2 Å². The van der Waals surface area contributed by atoms with Crippen molar-refractivity contribution < 1.29 is 9.53 Å². The summed E-state index contributed by atoms with van der Waals surface area (Å²) in [6.07, 6.45) is 2.23. The maximum atomic E-state index is 13.1. The number of rotatable bonds is 7. The number of para-hydroxylation sites is 1. The fourth-order valence-corrected chi connectivity index (χ4v) is 5.10. The van der Waals surface area contributed by atoms with Crippen molar-refractivity contribution in [2.24, 2.45) is 13.0 Å². The van der Waals surface area contributed by atoms with Gasteiger partial charge < -0.3 is 15.0 Å². The summed E-state index contributed by atoms with van der Waals surface area (Å²) in [6, 6.07) is 9.49. The highest BCUT2D eigenvalue weighted by atomic mass is 16.5. The van der Waals surface area contributed by atoms with Crippen LogP contribution in [0.15, 0.2) is 39.9 Å². The molecule has 9 heteroatoms. The summed E-state index contributed by atoms with van der Waals surface area (Å²) in [7, 11) is 1.52. The summed E-state index contributed by atoms with van der Waals surface area (Å²) in [4.78, 5) is 43.4. The lowest BCUT2D eigenvalue weighted by atomic mass is 9.95. The molecule has 0 aliphatic carbocycles. The topological polar surface area (TPSA) is 88.8 Å². The number of morpholine rings is 1. The average molecular weight is 484 g/mol. The summed E-state index contributed by atoms with van der Waals surface area (Å²) in [5, 5.41) is 3.26. The van der Waals surface area contributed by atoms with E-state index >= 15 is 0 Å². The van der Waals surface area contributed by atoms with Gasteiger partial charge in [-0.05, 0) is 38.3 Å². The molecule has 1 N–H and O–H groups in total. The van der Waals surface area contributed by atoms with Crippen LogP contribution in [0.2, 0.25) is 0 Å². The molecule has 9 nitrogen and oxygen atoms in total. The molecule has 2 fully saturated rings. The molecule has 2 aliphatic rings. The third-order valence-corrected chi connectivity index (χ3v) is 7.28. The minimum Gasteiger partial charge on any atom is -0.379 e. The third-order valence-electron chi connectivity index (χ3n) is 7.28. The molecular formula is C26H37N5O4. The Bertz CT molecular complexity index is 1130. The van der Waals surface area contributed by atoms with E-state index in [2.05, 4.69) is 17.1 Å². The summed E-state index contributed by atoms with van der Waals surface area (Å²) < 4.78 is 8.19. The number of ether oxygens (including phenoxy) is 1. The molecule has 0 saturated carbocycles. The summed E-state index contributed by atoms with van der Waals surface area (Å²) in [5.41, 5.74) is 1.24. The molecule has 1 amide bonds. The number of carbonyl (C=O) groups excluding carboxylic acids is 1. The molecule has 0 unspecified atom stereocenters. The zero-order valence-electron chi connectivity index (χ0n) is 21.0. The van der Waals surface area contributed by atoms with Gasteiger partial charge in [-0.3, -0.25) is 23.6 Å². The normalized spacial score (nSPS) is 18.4. The lowest BCUT2D eigenvalue weighted by Gasteiger charge is -2.35. The molecule has 4 rings (SSSR count). The minimum atomic E-state index is -0.359. The number of aromatic nitrogens is 2. The highest BCUT2D eigenvalue weighted by Crippen LogP contribution is 2.24. The molecular weight excluding hydrogens is 446 g/mol. The van der Waals surface area contributed by atoms with Gasteiger partial charge in [0.2, 0.25) is 5.91 Å². The van der Waals surface area contributed by atoms with Crippen molar-refractivity contribution in [2.75, 3.05) is 50.8 Å². The van der Waals surface area contributed by atoms with Crippen LogP contribution in [0.1, 0.15) is 31.9 Å². The number of benzene rings is 1. The predicted molar refractivity (Wildman–Crippen MR) is 136 cm³/mol. The van der Waals surface area contributed by atoms with E-state index in [0.717, 1.165) is 45.0 Å². The van der Waals surface area contributed by atoms with Crippen LogP contribution in [0, 0.1) is 12.8 Å².